The number of hydrogen-bond acceptors (Lipinski definition) is 2. The van der Waals surface area contributed by atoms with Crippen LogP contribution in [0.25, 0.3) is 11.0 Å². The van der Waals surface area contributed by atoms with Crippen LogP contribution in [0.5, 0.6) is 5.75 Å². The number of aryl methyl sites for hydroxylation is 1. The Morgan fingerprint density at radius 1 is 1.10 bits per heavy atom. The molecule has 0 amide bonds. The number of hydrogen-bond donors (Lipinski definition) is 0. The Hall–Kier alpha value is -1.96. The standard InChI is InChI=1S/C16H14O2.C2H6/c1-9-3-5-11-12-8-17-16-10(2)4-6-13(15(12)16)18-14(11)7-9;1-2/h3-8,11,14H,1-2H3;1-2H3. The topological polar surface area (TPSA) is 22.4 Å². The molecule has 2 heterocycles. The van der Waals surface area contributed by atoms with Gasteiger partial charge in [-0.2, -0.15) is 0 Å². The SMILES string of the molecule is CC.CC1=CC2Oc3ccc(C)c4occ(c34)C2C=C1. The zero-order chi connectivity index (χ0) is 14.3. The highest BCUT2D eigenvalue weighted by molar-refractivity contribution is 5.91. The number of ether oxygens (including phenoxy) is 1. The Balaban J connectivity index is 0.000000581. The van der Waals surface area contributed by atoms with Crippen LogP contribution in [0.1, 0.15) is 37.8 Å². The Bertz CT molecular complexity index is 704. The van der Waals surface area contributed by atoms with Gasteiger partial charge in [-0.1, -0.05) is 37.6 Å². The number of benzene rings is 1. The third-order valence-electron chi connectivity index (χ3n) is 3.88. The van der Waals surface area contributed by atoms with Crippen molar-refractivity contribution in [3.05, 3.63) is 53.3 Å². The van der Waals surface area contributed by atoms with Crippen LogP contribution in [0.4, 0.5) is 0 Å². The summed E-state index contributed by atoms with van der Waals surface area (Å²) in [6.45, 7) is 8.17. The van der Waals surface area contributed by atoms with Crippen molar-refractivity contribution in [1.82, 2.24) is 0 Å². The van der Waals surface area contributed by atoms with E-state index < -0.39 is 0 Å². The second kappa shape index (κ2) is 4.86. The summed E-state index contributed by atoms with van der Waals surface area (Å²) in [6, 6.07) is 4.11. The molecule has 0 fully saturated rings. The molecule has 2 aliphatic rings. The second-order valence-corrected chi connectivity index (χ2v) is 5.15. The summed E-state index contributed by atoms with van der Waals surface area (Å²) < 4.78 is 11.8. The molecule has 2 heteroatoms. The molecule has 2 unspecified atom stereocenters. The predicted molar refractivity (Wildman–Crippen MR) is 82.4 cm³/mol. The molecule has 2 aromatic rings. The summed E-state index contributed by atoms with van der Waals surface area (Å²) in [5.74, 6) is 1.23. The average Bonchev–Trinajstić information content (AvgIpc) is 2.91. The van der Waals surface area contributed by atoms with Crippen LogP contribution in [-0.4, -0.2) is 6.10 Å². The minimum atomic E-state index is 0.103. The Morgan fingerprint density at radius 3 is 2.70 bits per heavy atom. The van der Waals surface area contributed by atoms with Gasteiger partial charge in [0.15, 0.2) is 0 Å². The van der Waals surface area contributed by atoms with Crippen molar-refractivity contribution in [2.24, 2.45) is 0 Å². The second-order valence-electron chi connectivity index (χ2n) is 5.15. The largest absolute Gasteiger partial charge is 0.485 e. The number of rotatable bonds is 0. The van der Waals surface area contributed by atoms with Crippen LogP contribution < -0.4 is 4.74 Å². The van der Waals surface area contributed by atoms with E-state index in [1.807, 2.05) is 20.1 Å². The van der Waals surface area contributed by atoms with Gasteiger partial charge in [0.25, 0.3) is 0 Å². The van der Waals surface area contributed by atoms with Crippen molar-refractivity contribution in [3.8, 4) is 5.75 Å². The van der Waals surface area contributed by atoms with Gasteiger partial charge in [-0.15, -0.1) is 0 Å². The van der Waals surface area contributed by atoms with Gasteiger partial charge in [0.1, 0.15) is 17.4 Å². The van der Waals surface area contributed by atoms with Crippen LogP contribution in [0.3, 0.4) is 0 Å². The molecule has 0 bridgehead atoms. The van der Waals surface area contributed by atoms with Gasteiger partial charge in [0.05, 0.1) is 11.6 Å². The van der Waals surface area contributed by atoms with Crippen molar-refractivity contribution in [1.29, 1.82) is 0 Å². The quantitative estimate of drug-likeness (QED) is 0.661. The normalized spacial score (nSPS) is 22.5. The lowest BCUT2D eigenvalue weighted by atomic mass is 9.85. The fourth-order valence-electron chi connectivity index (χ4n) is 2.94. The first-order chi connectivity index (χ1) is 9.74. The molecule has 0 saturated heterocycles. The van der Waals surface area contributed by atoms with Gasteiger partial charge in [-0.3, -0.25) is 0 Å². The maximum atomic E-state index is 6.10. The maximum absolute atomic E-state index is 6.10. The van der Waals surface area contributed by atoms with E-state index in [1.54, 1.807) is 0 Å². The van der Waals surface area contributed by atoms with Gasteiger partial charge >= 0.3 is 0 Å². The van der Waals surface area contributed by atoms with Gasteiger partial charge in [-0.05, 0) is 31.6 Å². The molecule has 20 heavy (non-hydrogen) atoms. The molecule has 0 N–H and O–H groups in total. The van der Waals surface area contributed by atoms with E-state index in [4.69, 9.17) is 9.15 Å². The van der Waals surface area contributed by atoms with Gasteiger partial charge in [0.2, 0.25) is 0 Å². The molecule has 4 rings (SSSR count). The molecular weight excluding hydrogens is 248 g/mol. The molecule has 1 aromatic carbocycles. The van der Waals surface area contributed by atoms with Crippen LogP contribution >= 0.6 is 0 Å². The molecule has 2 nitrogen and oxygen atoms in total. The number of allylic oxidation sites excluding steroid dienone is 2. The molecule has 104 valence electrons. The average molecular weight is 268 g/mol. The molecule has 1 aromatic heterocycles. The van der Waals surface area contributed by atoms with Crippen molar-refractivity contribution in [3.63, 3.8) is 0 Å². The predicted octanol–water partition coefficient (Wildman–Crippen LogP) is 5.13. The summed E-state index contributed by atoms with van der Waals surface area (Å²) in [6.07, 6.45) is 8.55. The van der Waals surface area contributed by atoms with Crippen LogP contribution in [0.2, 0.25) is 0 Å². The van der Waals surface area contributed by atoms with Crippen LogP contribution in [-0.2, 0) is 0 Å². The minimum absolute atomic E-state index is 0.103. The first-order valence-corrected chi connectivity index (χ1v) is 7.28. The number of fused-ring (bicyclic) bond motifs is 2. The maximum Gasteiger partial charge on any atom is 0.140 e. The van der Waals surface area contributed by atoms with E-state index in [-0.39, 0.29) is 12.0 Å². The summed E-state index contributed by atoms with van der Waals surface area (Å²) in [4.78, 5) is 0. The zero-order valence-corrected chi connectivity index (χ0v) is 12.4. The lowest BCUT2D eigenvalue weighted by molar-refractivity contribution is 0.226. The first-order valence-electron chi connectivity index (χ1n) is 7.28. The summed E-state index contributed by atoms with van der Waals surface area (Å²) in [7, 11) is 0. The molecule has 2 atom stereocenters. The van der Waals surface area contributed by atoms with Crippen LogP contribution in [0.15, 0.2) is 46.6 Å². The van der Waals surface area contributed by atoms with Crippen LogP contribution in [0, 0.1) is 6.92 Å². The monoisotopic (exact) mass is 268 g/mol. The van der Waals surface area contributed by atoms with Gasteiger partial charge in [0, 0.05) is 11.5 Å². The highest BCUT2D eigenvalue weighted by Gasteiger charge is 2.32. The highest BCUT2D eigenvalue weighted by atomic mass is 16.5. The number of furan rings is 1. The van der Waals surface area contributed by atoms with E-state index in [0.717, 1.165) is 22.3 Å². The molecule has 0 saturated carbocycles. The van der Waals surface area contributed by atoms with Crippen molar-refractivity contribution in [2.45, 2.75) is 39.7 Å². The molecule has 0 radical (unpaired) electrons. The fraction of sp³-hybridized carbons (Fsp3) is 0.333. The Kier molecular flexibility index (Phi) is 3.17. The van der Waals surface area contributed by atoms with Gasteiger partial charge < -0.3 is 9.15 Å². The van der Waals surface area contributed by atoms with E-state index in [0.29, 0.717) is 0 Å². The minimum Gasteiger partial charge on any atom is -0.485 e. The van der Waals surface area contributed by atoms with E-state index >= 15 is 0 Å². The zero-order valence-electron chi connectivity index (χ0n) is 12.4. The summed E-state index contributed by atoms with van der Waals surface area (Å²) >= 11 is 0. The van der Waals surface area contributed by atoms with Crippen molar-refractivity contribution >= 4 is 11.0 Å². The lowest BCUT2D eigenvalue weighted by Crippen LogP contribution is -2.27. The van der Waals surface area contributed by atoms with E-state index in [1.165, 1.54) is 11.1 Å². The molecule has 1 aliphatic heterocycles. The molecule has 1 aliphatic carbocycles. The lowest BCUT2D eigenvalue weighted by Gasteiger charge is -2.30. The smallest absolute Gasteiger partial charge is 0.140 e. The first kappa shape index (κ1) is 13.0. The summed E-state index contributed by atoms with van der Waals surface area (Å²) in [5.41, 5.74) is 4.63. The summed E-state index contributed by atoms with van der Waals surface area (Å²) in [5, 5.41) is 1.15. The fourth-order valence-corrected chi connectivity index (χ4v) is 2.94. The Morgan fingerprint density at radius 2 is 1.90 bits per heavy atom. The van der Waals surface area contributed by atoms with Crippen molar-refractivity contribution < 1.29 is 9.15 Å². The van der Waals surface area contributed by atoms with E-state index in [2.05, 4.69) is 44.2 Å². The Labute approximate surface area is 119 Å². The van der Waals surface area contributed by atoms with Crippen molar-refractivity contribution in [2.75, 3.05) is 0 Å². The highest BCUT2D eigenvalue weighted by Crippen LogP contribution is 2.44. The van der Waals surface area contributed by atoms with Gasteiger partial charge in [-0.25, -0.2) is 0 Å². The third kappa shape index (κ3) is 1.79. The van der Waals surface area contributed by atoms with E-state index in [9.17, 15) is 0 Å². The third-order valence-corrected chi connectivity index (χ3v) is 3.88. The molecule has 0 spiro atoms. The molecular formula is C18H20O2.